The first kappa shape index (κ1) is 16.1. The van der Waals surface area contributed by atoms with Gasteiger partial charge in [0.1, 0.15) is 4.88 Å². The van der Waals surface area contributed by atoms with E-state index in [1.54, 1.807) is 0 Å². The highest BCUT2D eigenvalue weighted by atomic mass is 32.1. The fraction of sp³-hybridized carbons (Fsp3) is 0.333. The van der Waals surface area contributed by atoms with Crippen LogP contribution < -0.4 is 5.32 Å². The van der Waals surface area contributed by atoms with Crippen LogP contribution in [0.15, 0.2) is 30.3 Å². The van der Waals surface area contributed by atoms with Gasteiger partial charge in [0.25, 0.3) is 5.91 Å². The molecule has 0 fully saturated rings. The highest BCUT2D eigenvalue weighted by molar-refractivity contribution is 7.08. The molecule has 0 aliphatic carbocycles. The predicted octanol–water partition coefficient (Wildman–Crippen LogP) is 2.44. The molecular formula is C15H17N3O3S. The Morgan fingerprint density at radius 3 is 2.68 bits per heavy atom. The van der Waals surface area contributed by atoms with Gasteiger partial charge in [-0.15, -0.1) is 5.10 Å². The lowest BCUT2D eigenvalue weighted by atomic mass is 10.0. The molecule has 1 heterocycles. The summed E-state index contributed by atoms with van der Waals surface area (Å²) in [5.41, 5.74) is 1.54. The van der Waals surface area contributed by atoms with E-state index in [0.717, 1.165) is 17.1 Å². The number of aryl methyl sites for hydroxylation is 1. The summed E-state index contributed by atoms with van der Waals surface area (Å²) in [5.74, 6) is -1.14. The second-order valence-corrected chi connectivity index (χ2v) is 5.53. The Hall–Kier alpha value is -2.28. The van der Waals surface area contributed by atoms with Gasteiger partial charge in [-0.05, 0) is 29.9 Å². The van der Waals surface area contributed by atoms with E-state index < -0.39 is 5.97 Å². The van der Waals surface area contributed by atoms with Crippen LogP contribution in [0.4, 0.5) is 0 Å². The number of carboxylic acids is 1. The average molecular weight is 319 g/mol. The molecule has 2 N–H and O–H groups in total. The maximum Gasteiger partial charge on any atom is 0.303 e. The standard InChI is InChI=1S/C15H17N3O3S/c1-2-11-14(22-18-17-11)15(21)16-12(8-9-13(19)20)10-6-4-3-5-7-10/h3-7,12H,2,8-9H2,1H3,(H,16,21)(H,19,20). The van der Waals surface area contributed by atoms with Crippen molar-refractivity contribution in [3.63, 3.8) is 0 Å². The molecule has 0 saturated carbocycles. The summed E-state index contributed by atoms with van der Waals surface area (Å²) in [4.78, 5) is 23.7. The molecule has 116 valence electrons. The van der Waals surface area contributed by atoms with E-state index in [4.69, 9.17) is 5.11 Å². The summed E-state index contributed by atoms with van der Waals surface area (Å²) in [7, 11) is 0. The molecule has 0 spiro atoms. The molecule has 6 nitrogen and oxygen atoms in total. The first-order chi connectivity index (χ1) is 10.6. The zero-order chi connectivity index (χ0) is 15.9. The van der Waals surface area contributed by atoms with Gasteiger partial charge in [-0.2, -0.15) is 0 Å². The van der Waals surface area contributed by atoms with E-state index in [9.17, 15) is 9.59 Å². The molecular weight excluding hydrogens is 302 g/mol. The third-order valence-corrected chi connectivity index (χ3v) is 4.02. The zero-order valence-electron chi connectivity index (χ0n) is 12.2. The van der Waals surface area contributed by atoms with Gasteiger partial charge in [0, 0.05) is 6.42 Å². The Kier molecular flexibility index (Phi) is 5.60. The molecule has 1 amide bonds. The van der Waals surface area contributed by atoms with Crippen molar-refractivity contribution in [1.29, 1.82) is 0 Å². The number of benzene rings is 1. The number of carboxylic acid groups (broad SMARTS) is 1. The number of rotatable bonds is 7. The fourth-order valence-corrected chi connectivity index (χ4v) is 2.76. The molecule has 0 saturated heterocycles. The minimum Gasteiger partial charge on any atom is -0.481 e. The fourth-order valence-electron chi connectivity index (χ4n) is 2.11. The third-order valence-electron chi connectivity index (χ3n) is 3.25. The molecule has 0 aliphatic heterocycles. The number of aromatic nitrogens is 2. The van der Waals surface area contributed by atoms with Crippen LogP contribution in [-0.4, -0.2) is 26.6 Å². The molecule has 1 atom stereocenters. The molecule has 7 heteroatoms. The number of carbonyl (C=O) groups excluding carboxylic acids is 1. The van der Waals surface area contributed by atoms with Crippen molar-refractivity contribution >= 4 is 23.4 Å². The van der Waals surface area contributed by atoms with Crippen molar-refractivity contribution in [2.75, 3.05) is 0 Å². The maximum atomic E-state index is 12.4. The monoisotopic (exact) mass is 319 g/mol. The van der Waals surface area contributed by atoms with Crippen LogP contribution >= 0.6 is 11.5 Å². The molecule has 1 aromatic heterocycles. The van der Waals surface area contributed by atoms with E-state index in [0.29, 0.717) is 23.4 Å². The van der Waals surface area contributed by atoms with E-state index in [1.165, 1.54) is 0 Å². The van der Waals surface area contributed by atoms with E-state index in [-0.39, 0.29) is 18.4 Å². The summed E-state index contributed by atoms with van der Waals surface area (Å²) in [6.45, 7) is 1.91. The SMILES string of the molecule is CCc1nnsc1C(=O)NC(CCC(=O)O)c1ccccc1. The van der Waals surface area contributed by atoms with E-state index >= 15 is 0 Å². The first-order valence-electron chi connectivity index (χ1n) is 7.00. The molecule has 0 radical (unpaired) electrons. The number of aliphatic carboxylic acids is 1. The van der Waals surface area contributed by atoms with Gasteiger partial charge in [0.05, 0.1) is 11.7 Å². The Morgan fingerprint density at radius 1 is 1.32 bits per heavy atom. The number of amides is 1. The van der Waals surface area contributed by atoms with Gasteiger partial charge in [-0.1, -0.05) is 41.7 Å². The summed E-state index contributed by atoms with van der Waals surface area (Å²) < 4.78 is 3.81. The summed E-state index contributed by atoms with van der Waals surface area (Å²) in [6, 6.07) is 9.00. The third kappa shape index (κ3) is 4.11. The van der Waals surface area contributed by atoms with Crippen LogP contribution in [0.1, 0.15) is 46.7 Å². The number of hydrogen-bond acceptors (Lipinski definition) is 5. The Labute approximate surface area is 132 Å². The largest absolute Gasteiger partial charge is 0.481 e. The quantitative estimate of drug-likeness (QED) is 0.817. The molecule has 1 unspecified atom stereocenters. The highest BCUT2D eigenvalue weighted by Crippen LogP contribution is 2.20. The highest BCUT2D eigenvalue weighted by Gasteiger charge is 2.20. The summed E-state index contributed by atoms with van der Waals surface area (Å²) in [6.07, 6.45) is 0.949. The smallest absolute Gasteiger partial charge is 0.303 e. The molecule has 2 aromatic rings. The predicted molar refractivity (Wildman–Crippen MR) is 82.8 cm³/mol. The second-order valence-electron chi connectivity index (χ2n) is 4.77. The number of carbonyl (C=O) groups is 2. The van der Waals surface area contributed by atoms with Crippen LogP contribution in [-0.2, 0) is 11.2 Å². The van der Waals surface area contributed by atoms with Crippen molar-refractivity contribution in [2.24, 2.45) is 0 Å². The lowest BCUT2D eigenvalue weighted by Crippen LogP contribution is -2.29. The normalized spacial score (nSPS) is 11.9. The van der Waals surface area contributed by atoms with E-state index in [1.807, 2.05) is 37.3 Å². The summed E-state index contributed by atoms with van der Waals surface area (Å²) >= 11 is 1.05. The van der Waals surface area contributed by atoms with Gasteiger partial charge in [0.15, 0.2) is 0 Å². The van der Waals surface area contributed by atoms with Crippen molar-refractivity contribution in [1.82, 2.24) is 14.9 Å². The van der Waals surface area contributed by atoms with Gasteiger partial charge in [0.2, 0.25) is 0 Å². The number of nitrogens with one attached hydrogen (secondary N) is 1. The second kappa shape index (κ2) is 7.65. The van der Waals surface area contributed by atoms with Crippen molar-refractivity contribution in [2.45, 2.75) is 32.2 Å². The lowest BCUT2D eigenvalue weighted by Gasteiger charge is -2.18. The molecule has 2 rings (SSSR count). The van der Waals surface area contributed by atoms with Crippen LogP contribution in [0.3, 0.4) is 0 Å². The number of hydrogen-bond donors (Lipinski definition) is 2. The Bertz CT molecular complexity index is 642. The topological polar surface area (TPSA) is 92.2 Å². The van der Waals surface area contributed by atoms with E-state index in [2.05, 4.69) is 14.9 Å². The van der Waals surface area contributed by atoms with Crippen LogP contribution in [0.2, 0.25) is 0 Å². The molecule has 0 bridgehead atoms. The average Bonchev–Trinajstić information content (AvgIpc) is 3.00. The zero-order valence-corrected chi connectivity index (χ0v) is 13.0. The molecule has 0 aliphatic rings. The number of nitrogens with zero attached hydrogens (tertiary/aromatic N) is 2. The Balaban J connectivity index is 2.15. The lowest BCUT2D eigenvalue weighted by molar-refractivity contribution is -0.137. The van der Waals surface area contributed by atoms with Crippen LogP contribution in [0.5, 0.6) is 0 Å². The van der Waals surface area contributed by atoms with Gasteiger partial charge in [-0.3, -0.25) is 9.59 Å². The van der Waals surface area contributed by atoms with Gasteiger partial charge < -0.3 is 10.4 Å². The minimum atomic E-state index is -0.885. The van der Waals surface area contributed by atoms with Crippen LogP contribution in [0.25, 0.3) is 0 Å². The Morgan fingerprint density at radius 2 is 2.05 bits per heavy atom. The summed E-state index contributed by atoms with van der Waals surface area (Å²) in [5, 5.41) is 15.7. The van der Waals surface area contributed by atoms with Crippen molar-refractivity contribution < 1.29 is 14.7 Å². The van der Waals surface area contributed by atoms with Crippen molar-refractivity contribution in [3.8, 4) is 0 Å². The molecule has 1 aromatic carbocycles. The van der Waals surface area contributed by atoms with Gasteiger partial charge in [-0.25, -0.2) is 0 Å². The first-order valence-corrected chi connectivity index (χ1v) is 7.78. The molecule has 22 heavy (non-hydrogen) atoms. The van der Waals surface area contributed by atoms with Gasteiger partial charge >= 0.3 is 5.97 Å². The minimum absolute atomic E-state index is 0.0125. The van der Waals surface area contributed by atoms with Crippen LogP contribution in [0, 0.1) is 0 Å². The van der Waals surface area contributed by atoms with Crippen molar-refractivity contribution in [3.05, 3.63) is 46.5 Å². The maximum absolute atomic E-state index is 12.4.